The number of hydrogen-bond donors (Lipinski definition) is 2. The number of aliphatic carboxylic acids is 1. The van der Waals surface area contributed by atoms with Crippen LogP contribution in [0.1, 0.15) is 6.42 Å². The molecule has 0 saturated heterocycles. The van der Waals surface area contributed by atoms with Gasteiger partial charge in [0.2, 0.25) is 0 Å². The highest BCUT2D eigenvalue weighted by Gasteiger charge is 2.13. The minimum absolute atomic E-state index is 0.0423. The highest BCUT2D eigenvalue weighted by atomic mass is 16.4. The predicted octanol–water partition coefficient (Wildman–Crippen LogP) is 0.132. The van der Waals surface area contributed by atoms with Gasteiger partial charge in [-0.2, -0.15) is 0 Å². The quantitative estimate of drug-likeness (QED) is 0.333. The maximum atomic E-state index is 10.1. The van der Waals surface area contributed by atoms with Crippen LogP contribution in [-0.2, 0) is 4.79 Å². The summed E-state index contributed by atoms with van der Waals surface area (Å²) < 4.78 is 0. The zero-order chi connectivity index (χ0) is 7.98. The lowest BCUT2D eigenvalue weighted by molar-refractivity contribution is -0.138. The molecule has 0 saturated carbocycles. The van der Waals surface area contributed by atoms with E-state index in [2.05, 4.69) is 10.0 Å². The molecule has 0 rings (SSSR count). The molecular weight excluding hydrogens is 138 g/mol. The summed E-state index contributed by atoms with van der Waals surface area (Å²) in [5.74, 6) is -1.22. The number of azide groups is 1. The molecule has 6 heteroatoms. The largest absolute Gasteiger partial charge is 0.481 e. The molecule has 0 aromatic rings. The SMILES string of the molecule is [N-]=[N+]=N[C@@H](CCO)C(=O)O. The lowest BCUT2D eigenvalue weighted by Gasteiger charge is -1.99. The average molecular weight is 145 g/mol. The Balaban J connectivity index is 3.97. The molecule has 0 bridgehead atoms. The highest BCUT2D eigenvalue weighted by Crippen LogP contribution is 1.96. The minimum atomic E-state index is -1.22. The van der Waals surface area contributed by atoms with Gasteiger partial charge in [0.25, 0.3) is 0 Å². The first-order chi connectivity index (χ1) is 4.72. The van der Waals surface area contributed by atoms with E-state index in [0.29, 0.717) is 0 Å². The Kier molecular flexibility index (Phi) is 4.02. The summed E-state index contributed by atoms with van der Waals surface area (Å²) in [6, 6.07) is -1.14. The van der Waals surface area contributed by atoms with Gasteiger partial charge in [0.15, 0.2) is 0 Å². The molecule has 10 heavy (non-hydrogen) atoms. The van der Waals surface area contributed by atoms with E-state index in [4.69, 9.17) is 15.7 Å². The van der Waals surface area contributed by atoms with E-state index in [9.17, 15) is 4.79 Å². The summed E-state index contributed by atoms with van der Waals surface area (Å²) in [5, 5.41) is 19.5. The van der Waals surface area contributed by atoms with Crippen molar-refractivity contribution in [3.05, 3.63) is 10.4 Å². The van der Waals surface area contributed by atoms with E-state index in [0.717, 1.165) is 0 Å². The van der Waals surface area contributed by atoms with Crippen LogP contribution < -0.4 is 0 Å². The molecule has 0 spiro atoms. The van der Waals surface area contributed by atoms with Crippen molar-refractivity contribution in [3.8, 4) is 0 Å². The summed E-state index contributed by atoms with van der Waals surface area (Å²) in [7, 11) is 0. The van der Waals surface area contributed by atoms with E-state index in [1.54, 1.807) is 0 Å². The summed E-state index contributed by atoms with van der Waals surface area (Å²) >= 11 is 0. The molecule has 0 heterocycles. The van der Waals surface area contributed by atoms with Gasteiger partial charge in [-0.1, -0.05) is 5.11 Å². The number of rotatable bonds is 4. The van der Waals surface area contributed by atoms with E-state index in [-0.39, 0.29) is 13.0 Å². The van der Waals surface area contributed by atoms with Gasteiger partial charge in [-0.05, 0) is 12.0 Å². The maximum absolute atomic E-state index is 10.1. The normalized spacial score (nSPS) is 11.7. The van der Waals surface area contributed by atoms with Crippen molar-refractivity contribution in [1.29, 1.82) is 0 Å². The molecule has 1 atom stereocenters. The van der Waals surface area contributed by atoms with Crippen LogP contribution in [0.3, 0.4) is 0 Å². The zero-order valence-electron chi connectivity index (χ0n) is 5.14. The molecule has 0 aromatic heterocycles. The second kappa shape index (κ2) is 4.60. The third kappa shape index (κ3) is 2.91. The third-order valence-electron chi connectivity index (χ3n) is 0.879. The fourth-order valence-electron chi connectivity index (χ4n) is 0.415. The van der Waals surface area contributed by atoms with Crippen LogP contribution in [0.25, 0.3) is 10.4 Å². The number of aliphatic hydroxyl groups excluding tert-OH is 1. The van der Waals surface area contributed by atoms with Gasteiger partial charge in [-0.25, -0.2) is 0 Å². The molecule has 0 unspecified atom stereocenters. The second-order valence-electron chi connectivity index (χ2n) is 1.57. The maximum Gasteiger partial charge on any atom is 0.312 e. The molecule has 0 aliphatic heterocycles. The fourth-order valence-corrected chi connectivity index (χ4v) is 0.415. The lowest BCUT2D eigenvalue weighted by Crippen LogP contribution is -2.18. The Labute approximate surface area is 56.7 Å². The van der Waals surface area contributed by atoms with Crippen molar-refractivity contribution >= 4 is 5.97 Å². The van der Waals surface area contributed by atoms with Crippen molar-refractivity contribution in [1.82, 2.24) is 0 Å². The van der Waals surface area contributed by atoms with Crippen molar-refractivity contribution < 1.29 is 15.0 Å². The van der Waals surface area contributed by atoms with Gasteiger partial charge in [0.1, 0.15) is 6.04 Å². The number of carbonyl (C=O) groups is 1. The van der Waals surface area contributed by atoms with Gasteiger partial charge in [-0.15, -0.1) is 0 Å². The minimum Gasteiger partial charge on any atom is -0.481 e. The summed E-state index contributed by atoms with van der Waals surface area (Å²) in [6.07, 6.45) is -0.0423. The third-order valence-corrected chi connectivity index (χ3v) is 0.879. The molecule has 2 N–H and O–H groups in total. The highest BCUT2D eigenvalue weighted by molar-refractivity contribution is 5.73. The average Bonchev–Trinajstić information content (AvgIpc) is 1.87. The van der Waals surface area contributed by atoms with Crippen LogP contribution in [0.4, 0.5) is 0 Å². The molecule has 6 nitrogen and oxygen atoms in total. The number of aliphatic hydroxyl groups is 1. The number of carboxylic acid groups (broad SMARTS) is 1. The number of nitrogens with zero attached hydrogens (tertiary/aromatic N) is 3. The Morgan fingerprint density at radius 1 is 1.80 bits per heavy atom. The van der Waals surface area contributed by atoms with E-state index in [1.165, 1.54) is 0 Å². The zero-order valence-corrected chi connectivity index (χ0v) is 5.14. The topological polar surface area (TPSA) is 106 Å². The van der Waals surface area contributed by atoms with E-state index < -0.39 is 12.0 Å². The van der Waals surface area contributed by atoms with Crippen LogP contribution in [0.5, 0.6) is 0 Å². The van der Waals surface area contributed by atoms with Crippen LogP contribution in [0.15, 0.2) is 5.11 Å². The molecule has 0 aliphatic rings. The molecule has 56 valence electrons. The van der Waals surface area contributed by atoms with Crippen molar-refractivity contribution in [2.75, 3.05) is 6.61 Å². The molecule has 0 aromatic carbocycles. The number of hydrogen-bond acceptors (Lipinski definition) is 3. The molecule has 0 fully saturated rings. The first-order valence-corrected chi connectivity index (χ1v) is 2.60. The predicted molar refractivity (Wildman–Crippen MR) is 32.3 cm³/mol. The molecular formula is C4H7N3O3. The van der Waals surface area contributed by atoms with Crippen LogP contribution >= 0.6 is 0 Å². The summed E-state index contributed by atoms with van der Waals surface area (Å²) in [6.45, 7) is -0.296. The van der Waals surface area contributed by atoms with Crippen molar-refractivity contribution in [3.63, 3.8) is 0 Å². The standard InChI is InChI=1S/C4H7N3O3/c5-7-6-3(1-2-8)4(9)10/h3,8H,1-2H2,(H,9,10)/t3-/m0/s1. The van der Waals surface area contributed by atoms with E-state index >= 15 is 0 Å². The van der Waals surface area contributed by atoms with Crippen LogP contribution in [-0.4, -0.2) is 28.8 Å². The number of carboxylic acids is 1. The van der Waals surface area contributed by atoms with Gasteiger partial charge < -0.3 is 10.2 Å². The van der Waals surface area contributed by atoms with Gasteiger partial charge in [-0.3, -0.25) is 4.79 Å². The Morgan fingerprint density at radius 2 is 2.40 bits per heavy atom. The van der Waals surface area contributed by atoms with Gasteiger partial charge in [0.05, 0.1) is 0 Å². The van der Waals surface area contributed by atoms with Gasteiger partial charge in [0, 0.05) is 11.5 Å². The summed E-state index contributed by atoms with van der Waals surface area (Å²) in [4.78, 5) is 12.4. The molecule has 0 amide bonds. The van der Waals surface area contributed by atoms with Crippen molar-refractivity contribution in [2.45, 2.75) is 12.5 Å². The second-order valence-corrected chi connectivity index (χ2v) is 1.57. The lowest BCUT2D eigenvalue weighted by atomic mass is 10.2. The van der Waals surface area contributed by atoms with Crippen LogP contribution in [0, 0.1) is 0 Å². The van der Waals surface area contributed by atoms with E-state index in [1.807, 2.05) is 0 Å². The van der Waals surface area contributed by atoms with Crippen molar-refractivity contribution in [2.24, 2.45) is 5.11 Å². The Bertz CT molecular complexity index is 161. The Hall–Kier alpha value is -1.26. The summed E-state index contributed by atoms with van der Waals surface area (Å²) in [5.41, 5.74) is 7.83. The molecule has 0 radical (unpaired) electrons. The monoisotopic (exact) mass is 145 g/mol. The Morgan fingerprint density at radius 3 is 2.70 bits per heavy atom. The van der Waals surface area contributed by atoms with Gasteiger partial charge >= 0.3 is 5.97 Å². The van der Waals surface area contributed by atoms with Crippen LogP contribution in [0.2, 0.25) is 0 Å². The first-order valence-electron chi connectivity index (χ1n) is 2.60. The molecule has 0 aliphatic carbocycles. The fraction of sp³-hybridized carbons (Fsp3) is 0.750. The first kappa shape index (κ1) is 8.74. The smallest absolute Gasteiger partial charge is 0.312 e.